The van der Waals surface area contributed by atoms with E-state index in [0.717, 1.165) is 11.7 Å². The average Bonchev–Trinajstić information content (AvgIpc) is 2.49. The van der Waals surface area contributed by atoms with E-state index in [-0.39, 0.29) is 10.4 Å². The monoisotopic (exact) mass is 390 g/mol. The van der Waals surface area contributed by atoms with Crippen LogP contribution in [0.1, 0.15) is 0 Å². The zero-order valence-corrected chi connectivity index (χ0v) is 12.3. The second-order valence-corrected chi connectivity index (χ2v) is 7.31. The maximum atomic E-state index is 11.3. The lowest BCUT2D eigenvalue weighted by Gasteiger charge is -2.01. The fraction of sp³-hybridized carbons (Fsp3) is 0. The van der Waals surface area contributed by atoms with Gasteiger partial charge in [0.15, 0.2) is 0 Å². The summed E-state index contributed by atoms with van der Waals surface area (Å²) in [4.78, 5) is -0.0453. The van der Waals surface area contributed by atoms with Crippen LogP contribution in [0, 0.1) is 0 Å². The molecule has 0 aliphatic rings. The van der Waals surface area contributed by atoms with Crippen molar-refractivity contribution in [2.24, 2.45) is 0 Å². The lowest BCUT2D eigenvalue weighted by atomic mass is 10.3. The molecule has 0 aliphatic carbocycles. The van der Waals surface area contributed by atoms with Gasteiger partial charge in [-0.15, -0.1) is 0 Å². The van der Waals surface area contributed by atoms with Crippen LogP contribution in [0.4, 0.5) is 0 Å². The number of nitrogens with zero attached hydrogens (tertiary/aromatic N) is 2. The zero-order valence-electron chi connectivity index (χ0n) is 6.74. The third kappa shape index (κ3) is 2.05. The van der Waals surface area contributed by atoms with Crippen LogP contribution in [0.25, 0.3) is 11.0 Å². The minimum absolute atomic E-state index is 0.0453. The molecule has 0 saturated heterocycles. The van der Waals surface area contributed by atoms with Crippen molar-refractivity contribution in [1.82, 2.24) is 8.75 Å². The summed E-state index contributed by atoms with van der Waals surface area (Å²) in [5, 5.41) is 0. The van der Waals surface area contributed by atoms with Gasteiger partial charge in [-0.3, -0.25) is 0 Å². The largest absolute Gasteiger partial charge is 0.264 e. The van der Waals surface area contributed by atoms with E-state index >= 15 is 0 Å². The normalized spacial score (nSPS) is 12.2. The summed E-state index contributed by atoms with van der Waals surface area (Å²) in [5.41, 5.74) is 0.763. The number of hydrogen-bond acceptors (Lipinski definition) is 5. The van der Waals surface area contributed by atoms with Crippen molar-refractivity contribution in [3.8, 4) is 0 Å². The maximum absolute atomic E-state index is 11.3. The second-order valence-electron chi connectivity index (χ2n) is 2.57. The first-order valence-electron chi connectivity index (χ1n) is 3.46. The summed E-state index contributed by atoms with van der Waals surface area (Å²) < 4.78 is 31.6. The molecule has 2 rings (SSSR count). The molecule has 0 saturated carbocycles. The van der Waals surface area contributed by atoms with Crippen LogP contribution < -0.4 is 0 Å². The lowest BCUT2D eigenvalue weighted by molar-refractivity contribution is 0.610. The molecule has 0 aliphatic heterocycles. The Balaban J connectivity index is 3.02. The Kier molecular flexibility index (Phi) is 3.06. The SMILES string of the molecule is O=S(=O)(Cl)c1c(Br)cc(Br)c2nsnc12. The van der Waals surface area contributed by atoms with Crippen molar-refractivity contribution in [3.63, 3.8) is 0 Å². The Labute approximate surface area is 111 Å². The van der Waals surface area contributed by atoms with E-state index < -0.39 is 9.05 Å². The highest BCUT2D eigenvalue weighted by Gasteiger charge is 2.22. The lowest BCUT2D eigenvalue weighted by Crippen LogP contribution is -1.94. The molecule has 0 unspecified atom stereocenters. The first-order valence-corrected chi connectivity index (χ1v) is 8.09. The van der Waals surface area contributed by atoms with Crippen LogP contribution >= 0.6 is 54.3 Å². The second kappa shape index (κ2) is 3.92. The van der Waals surface area contributed by atoms with E-state index in [4.69, 9.17) is 10.7 Å². The van der Waals surface area contributed by atoms with E-state index in [0.29, 0.717) is 14.5 Å². The number of rotatable bonds is 1. The molecule has 0 fully saturated rings. The predicted octanol–water partition coefficient (Wildman–Crippen LogP) is 3.14. The van der Waals surface area contributed by atoms with E-state index in [1.54, 1.807) is 6.07 Å². The third-order valence-electron chi connectivity index (χ3n) is 1.64. The summed E-state index contributed by atoms with van der Waals surface area (Å²) in [5.74, 6) is 0. The molecule has 1 aromatic heterocycles. The Bertz CT molecular complexity index is 640. The molecule has 0 atom stereocenters. The van der Waals surface area contributed by atoms with Crippen molar-refractivity contribution in [2.75, 3.05) is 0 Å². The van der Waals surface area contributed by atoms with Gasteiger partial charge in [0.2, 0.25) is 0 Å². The minimum atomic E-state index is -3.84. The topological polar surface area (TPSA) is 59.9 Å². The molecule has 4 nitrogen and oxygen atoms in total. The number of fused-ring (bicyclic) bond motifs is 1. The van der Waals surface area contributed by atoms with Crippen molar-refractivity contribution in [3.05, 3.63) is 15.0 Å². The number of halogens is 3. The van der Waals surface area contributed by atoms with Crippen LogP contribution in [0.5, 0.6) is 0 Å². The smallest absolute Gasteiger partial charge is 0.207 e. The molecule has 9 heteroatoms. The highest BCUT2D eigenvalue weighted by molar-refractivity contribution is 9.11. The molecule has 0 amide bonds. The fourth-order valence-corrected chi connectivity index (χ4v) is 5.11. The molecule has 15 heavy (non-hydrogen) atoms. The van der Waals surface area contributed by atoms with Gasteiger partial charge >= 0.3 is 0 Å². The van der Waals surface area contributed by atoms with Crippen molar-refractivity contribution < 1.29 is 8.42 Å². The molecule has 80 valence electrons. The van der Waals surface area contributed by atoms with Gasteiger partial charge in [0.25, 0.3) is 9.05 Å². The maximum Gasteiger partial charge on any atom is 0.264 e. The Morgan fingerprint density at radius 1 is 1.20 bits per heavy atom. The van der Waals surface area contributed by atoms with Crippen LogP contribution in [-0.4, -0.2) is 17.2 Å². The molecule has 0 bridgehead atoms. The molecule has 1 heterocycles. The summed E-state index contributed by atoms with van der Waals surface area (Å²) in [6.45, 7) is 0. The summed E-state index contributed by atoms with van der Waals surface area (Å²) in [6, 6.07) is 1.58. The van der Waals surface area contributed by atoms with Gasteiger partial charge in [0.1, 0.15) is 15.9 Å². The first kappa shape index (κ1) is 11.7. The number of hydrogen-bond donors (Lipinski definition) is 0. The third-order valence-corrected chi connectivity index (χ3v) is 5.03. The van der Waals surface area contributed by atoms with E-state index in [1.807, 2.05) is 0 Å². The Hall–Kier alpha value is 0.240. The molecule has 0 radical (unpaired) electrons. The highest BCUT2D eigenvalue weighted by Crippen LogP contribution is 2.36. The van der Waals surface area contributed by atoms with E-state index in [9.17, 15) is 8.42 Å². The first-order chi connectivity index (χ1) is 6.91. The Morgan fingerprint density at radius 2 is 1.80 bits per heavy atom. The van der Waals surface area contributed by atoms with Crippen molar-refractivity contribution in [2.45, 2.75) is 4.90 Å². The Morgan fingerprint density at radius 3 is 2.40 bits per heavy atom. The summed E-state index contributed by atoms with van der Waals surface area (Å²) in [7, 11) is 1.48. The van der Waals surface area contributed by atoms with Crippen LogP contribution in [0.2, 0.25) is 0 Å². The molecule has 1 aromatic carbocycles. The molecule has 0 N–H and O–H groups in total. The van der Waals surface area contributed by atoms with Gasteiger partial charge in [-0.1, -0.05) is 0 Å². The zero-order chi connectivity index (χ0) is 11.2. The van der Waals surface area contributed by atoms with Crippen LogP contribution in [-0.2, 0) is 9.05 Å². The summed E-state index contributed by atoms with van der Waals surface area (Å²) >= 11 is 7.33. The van der Waals surface area contributed by atoms with Gasteiger partial charge in [0, 0.05) is 19.6 Å². The van der Waals surface area contributed by atoms with Gasteiger partial charge in [-0.2, -0.15) is 8.75 Å². The van der Waals surface area contributed by atoms with Crippen molar-refractivity contribution >= 4 is 74.4 Å². The fourth-order valence-electron chi connectivity index (χ4n) is 1.08. The highest BCUT2D eigenvalue weighted by atomic mass is 79.9. The predicted molar refractivity (Wildman–Crippen MR) is 65.9 cm³/mol. The van der Waals surface area contributed by atoms with E-state index in [1.165, 1.54) is 0 Å². The molecular formula is C6HBr2ClN2O2S2. The molecule has 2 aromatic rings. The number of aromatic nitrogens is 2. The molecule has 0 spiro atoms. The van der Waals surface area contributed by atoms with Gasteiger partial charge < -0.3 is 0 Å². The average molecular weight is 392 g/mol. The summed E-state index contributed by atoms with van der Waals surface area (Å²) in [6.07, 6.45) is 0. The quantitative estimate of drug-likeness (QED) is 0.700. The van der Waals surface area contributed by atoms with Crippen LogP contribution in [0.15, 0.2) is 19.9 Å². The standard InChI is InChI=1S/C6HBr2ClN2O2S2/c7-2-1-3(8)6(15(9,12)13)5-4(2)10-14-11-5/h1H. The molecular weight excluding hydrogens is 391 g/mol. The van der Waals surface area contributed by atoms with Gasteiger partial charge in [-0.05, 0) is 37.9 Å². The van der Waals surface area contributed by atoms with Gasteiger partial charge in [0.05, 0.1) is 11.7 Å². The van der Waals surface area contributed by atoms with Crippen molar-refractivity contribution in [1.29, 1.82) is 0 Å². The number of benzene rings is 1. The van der Waals surface area contributed by atoms with Crippen LogP contribution in [0.3, 0.4) is 0 Å². The van der Waals surface area contributed by atoms with E-state index in [2.05, 4.69) is 40.6 Å². The minimum Gasteiger partial charge on any atom is -0.207 e. The van der Waals surface area contributed by atoms with Gasteiger partial charge in [-0.25, -0.2) is 8.42 Å².